The highest BCUT2D eigenvalue weighted by Crippen LogP contribution is 2.22. The van der Waals surface area contributed by atoms with E-state index in [-0.39, 0.29) is 18.6 Å². The van der Waals surface area contributed by atoms with Gasteiger partial charge in [0.15, 0.2) is 0 Å². The maximum atomic E-state index is 12.4. The third-order valence-electron chi connectivity index (χ3n) is 3.00. The van der Waals surface area contributed by atoms with Gasteiger partial charge in [-0.3, -0.25) is 4.79 Å². The molecule has 0 spiro atoms. The van der Waals surface area contributed by atoms with Crippen LogP contribution in [0.4, 0.5) is 0 Å². The SMILES string of the molecule is CC(CO)NC(=O)C(Oc1ccccc1)c1ccccc1. The van der Waals surface area contributed by atoms with E-state index in [4.69, 9.17) is 9.84 Å². The summed E-state index contributed by atoms with van der Waals surface area (Å²) in [6.07, 6.45) is -0.748. The fraction of sp³-hybridized carbons (Fsp3) is 0.235. The van der Waals surface area contributed by atoms with Gasteiger partial charge in [-0.05, 0) is 19.1 Å². The van der Waals surface area contributed by atoms with Crippen LogP contribution in [0.15, 0.2) is 60.7 Å². The van der Waals surface area contributed by atoms with Crippen LogP contribution >= 0.6 is 0 Å². The number of para-hydroxylation sites is 1. The summed E-state index contributed by atoms with van der Waals surface area (Å²) in [5.74, 6) is 0.352. The number of nitrogens with one attached hydrogen (secondary N) is 1. The van der Waals surface area contributed by atoms with E-state index in [9.17, 15) is 4.79 Å². The van der Waals surface area contributed by atoms with Crippen LogP contribution in [-0.2, 0) is 4.79 Å². The Morgan fingerprint density at radius 2 is 1.67 bits per heavy atom. The van der Waals surface area contributed by atoms with Crippen molar-refractivity contribution >= 4 is 5.91 Å². The van der Waals surface area contributed by atoms with E-state index in [1.54, 1.807) is 19.1 Å². The lowest BCUT2D eigenvalue weighted by atomic mass is 10.1. The van der Waals surface area contributed by atoms with E-state index < -0.39 is 6.10 Å². The number of rotatable bonds is 6. The Balaban J connectivity index is 2.20. The van der Waals surface area contributed by atoms with Crippen LogP contribution in [0.2, 0.25) is 0 Å². The van der Waals surface area contributed by atoms with Crippen molar-refractivity contribution in [2.75, 3.05) is 6.61 Å². The molecule has 0 fully saturated rings. The summed E-state index contributed by atoms with van der Waals surface area (Å²) in [4.78, 5) is 12.4. The van der Waals surface area contributed by atoms with Crippen LogP contribution in [0, 0.1) is 0 Å². The van der Waals surface area contributed by atoms with Gasteiger partial charge in [-0.2, -0.15) is 0 Å². The summed E-state index contributed by atoms with van der Waals surface area (Å²) >= 11 is 0. The molecule has 2 rings (SSSR count). The van der Waals surface area contributed by atoms with E-state index in [0.717, 1.165) is 5.56 Å². The molecule has 0 saturated carbocycles. The fourth-order valence-electron chi connectivity index (χ4n) is 1.90. The Bertz CT molecular complexity index is 557. The number of hydrogen-bond donors (Lipinski definition) is 2. The summed E-state index contributed by atoms with van der Waals surface area (Å²) in [6, 6.07) is 18.2. The number of ether oxygens (including phenoxy) is 1. The second-order valence-corrected chi connectivity index (χ2v) is 4.81. The number of benzene rings is 2. The highest BCUT2D eigenvalue weighted by Gasteiger charge is 2.23. The molecular weight excluding hydrogens is 266 g/mol. The number of carbonyl (C=O) groups is 1. The van der Waals surface area contributed by atoms with Gasteiger partial charge in [0, 0.05) is 11.6 Å². The molecule has 1 amide bonds. The van der Waals surface area contributed by atoms with Crippen molar-refractivity contribution in [3.8, 4) is 5.75 Å². The number of amides is 1. The molecule has 0 saturated heterocycles. The first-order chi connectivity index (χ1) is 10.2. The molecule has 0 aliphatic carbocycles. The number of aliphatic hydroxyl groups excluding tert-OH is 1. The summed E-state index contributed by atoms with van der Waals surface area (Å²) < 4.78 is 5.81. The lowest BCUT2D eigenvalue weighted by Crippen LogP contribution is -2.40. The summed E-state index contributed by atoms with van der Waals surface area (Å²) in [5, 5.41) is 11.8. The average molecular weight is 285 g/mol. The lowest BCUT2D eigenvalue weighted by molar-refractivity contribution is -0.129. The zero-order valence-corrected chi connectivity index (χ0v) is 11.9. The fourth-order valence-corrected chi connectivity index (χ4v) is 1.90. The van der Waals surface area contributed by atoms with Gasteiger partial charge in [0.05, 0.1) is 6.61 Å². The number of hydrogen-bond acceptors (Lipinski definition) is 3. The first kappa shape index (κ1) is 15.1. The van der Waals surface area contributed by atoms with Crippen molar-refractivity contribution in [2.45, 2.75) is 19.1 Å². The van der Waals surface area contributed by atoms with Crippen molar-refractivity contribution in [2.24, 2.45) is 0 Å². The van der Waals surface area contributed by atoms with Crippen molar-refractivity contribution in [3.05, 3.63) is 66.2 Å². The third-order valence-corrected chi connectivity index (χ3v) is 3.00. The topological polar surface area (TPSA) is 58.6 Å². The highest BCUT2D eigenvalue weighted by atomic mass is 16.5. The van der Waals surface area contributed by atoms with E-state index in [1.807, 2.05) is 48.5 Å². The number of carbonyl (C=O) groups excluding carboxylic acids is 1. The second kappa shape index (κ2) is 7.45. The third kappa shape index (κ3) is 4.33. The van der Waals surface area contributed by atoms with Gasteiger partial charge < -0.3 is 15.2 Å². The van der Waals surface area contributed by atoms with Crippen LogP contribution in [0.25, 0.3) is 0 Å². The predicted octanol–water partition coefficient (Wildman–Crippen LogP) is 2.30. The quantitative estimate of drug-likeness (QED) is 0.856. The van der Waals surface area contributed by atoms with Gasteiger partial charge in [0.2, 0.25) is 6.10 Å². The van der Waals surface area contributed by atoms with Gasteiger partial charge >= 0.3 is 0 Å². The minimum absolute atomic E-state index is 0.113. The van der Waals surface area contributed by atoms with Gasteiger partial charge in [-0.1, -0.05) is 48.5 Å². The van der Waals surface area contributed by atoms with Crippen LogP contribution in [-0.4, -0.2) is 23.7 Å². The molecule has 4 nitrogen and oxygen atoms in total. The molecule has 2 aromatic rings. The zero-order valence-electron chi connectivity index (χ0n) is 11.9. The maximum Gasteiger partial charge on any atom is 0.266 e. The molecular formula is C17H19NO3. The van der Waals surface area contributed by atoms with Crippen LogP contribution < -0.4 is 10.1 Å². The molecule has 2 N–H and O–H groups in total. The first-order valence-electron chi connectivity index (χ1n) is 6.88. The molecule has 0 aliphatic rings. The predicted molar refractivity (Wildman–Crippen MR) is 80.9 cm³/mol. The van der Waals surface area contributed by atoms with Crippen molar-refractivity contribution in [3.63, 3.8) is 0 Å². The Morgan fingerprint density at radius 1 is 1.10 bits per heavy atom. The Kier molecular flexibility index (Phi) is 5.35. The Hall–Kier alpha value is -2.33. The summed E-state index contributed by atoms with van der Waals surface area (Å²) in [5.41, 5.74) is 0.768. The lowest BCUT2D eigenvalue weighted by Gasteiger charge is -2.21. The zero-order chi connectivity index (χ0) is 15.1. The number of aliphatic hydroxyl groups is 1. The van der Waals surface area contributed by atoms with Crippen LogP contribution in [0.3, 0.4) is 0 Å². The molecule has 21 heavy (non-hydrogen) atoms. The first-order valence-corrected chi connectivity index (χ1v) is 6.88. The van der Waals surface area contributed by atoms with Gasteiger partial charge in [0.25, 0.3) is 5.91 Å². The van der Waals surface area contributed by atoms with Crippen molar-refractivity contribution < 1.29 is 14.6 Å². The maximum absolute atomic E-state index is 12.4. The van der Waals surface area contributed by atoms with Gasteiger partial charge in [-0.25, -0.2) is 0 Å². The standard InChI is InChI=1S/C17H19NO3/c1-13(12-19)18-17(20)16(14-8-4-2-5-9-14)21-15-10-6-3-7-11-15/h2-11,13,16,19H,12H2,1H3,(H,18,20). The van der Waals surface area contributed by atoms with E-state index >= 15 is 0 Å². The van der Waals surface area contributed by atoms with Crippen molar-refractivity contribution in [1.82, 2.24) is 5.32 Å². The molecule has 0 radical (unpaired) electrons. The molecule has 2 unspecified atom stereocenters. The normalized spacial score (nSPS) is 13.2. The smallest absolute Gasteiger partial charge is 0.266 e. The minimum atomic E-state index is -0.748. The molecule has 2 aromatic carbocycles. The van der Waals surface area contributed by atoms with E-state index in [0.29, 0.717) is 5.75 Å². The Morgan fingerprint density at radius 3 is 2.24 bits per heavy atom. The van der Waals surface area contributed by atoms with Gasteiger partial charge in [0.1, 0.15) is 5.75 Å². The molecule has 0 bridgehead atoms. The molecule has 4 heteroatoms. The van der Waals surface area contributed by atoms with Crippen LogP contribution in [0.5, 0.6) is 5.75 Å². The Labute approximate surface area is 124 Å². The largest absolute Gasteiger partial charge is 0.476 e. The molecule has 0 aliphatic heterocycles. The summed E-state index contributed by atoms with van der Waals surface area (Å²) in [7, 11) is 0. The average Bonchev–Trinajstić information content (AvgIpc) is 2.54. The molecule has 110 valence electrons. The van der Waals surface area contributed by atoms with Gasteiger partial charge in [-0.15, -0.1) is 0 Å². The van der Waals surface area contributed by atoms with E-state index in [2.05, 4.69) is 5.32 Å². The second-order valence-electron chi connectivity index (χ2n) is 4.81. The molecule has 2 atom stereocenters. The monoisotopic (exact) mass is 285 g/mol. The highest BCUT2D eigenvalue weighted by molar-refractivity contribution is 5.82. The van der Waals surface area contributed by atoms with Crippen LogP contribution in [0.1, 0.15) is 18.6 Å². The van der Waals surface area contributed by atoms with E-state index in [1.165, 1.54) is 0 Å². The minimum Gasteiger partial charge on any atom is -0.476 e. The molecule has 0 heterocycles. The summed E-state index contributed by atoms with van der Waals surface area (Å²) in [6.45, 7) is 1.63. The molecule has 0 aromatic heterocycles. The van der Waals surface area contributed by atoms with Crippen molar-refractivity contribution in [1.29, 1.82) is 0 Å².